The van der Waals surface area contributed by atoms with E-state index in [-0.39, 0.29) is 0 Å². The van der Waals surface area contributed by atoms with Gasteiger partial charge in [-0.1, -0.05) is 23.5 Å². The Morgan fingerprint density at radius 3 is 2.64 bits per heavy atom. The summed E-state index contributed by atoms with van der Waals surface area (Å²) in [6, 6.07) is 8.37. The molecular formula is C18H24N6S. The van der Waals surface area contributed by atoms with Crippen molar-refractivity contribution in [1.29, 1.82) is 0 Å². The van der Waals surface area contributed by atoms with Crippen molar-refractivity contribution in [2.75, 3.05) is 32.1 Å². The largest absolute Gasteiger partial charge is 0.348 e. The number of hydrogen-bond acceptors (Lipinski definition) is 6. The highest BCUT2D eigenvalue weighted by molar-refractivity contribution is 7.22. The van der Waals surface area contributed by atoms with Gasteiger partial charge < -0.3 is 14.4 Å². The van der Waals surface area contributed by atoms with Gasteiger partial charge in [-0.15, -0.1) is 10.2 Å². The molecule has 1 fully saturated rings. The maximum Gasteiger partial charge on any atom is 0.186 e. The summed E-state index contributed by atoms with van der Waals surface area (Å²) in [5.41, 5.74) is 1.10. The zero-order valence-electron chi connectivity index (χ0n) is 15.0. The highest BCUT2D eigenvalue weighted by Gasteiger charge is 2.26. The van der Waals surface area contributed by atoms with Crippen molar-refractivity contribution in [2.45, 2.75) is 25.3 Å². The Kier molecular flexibility index (Phi) is 4.43. The number of anilines is 1. The highest BCUT2D eigenvalue weighted by Crippen LogP contribution is 2.33. The summed E-state index contributed by atoms with van der Waals surface area (Å²) in [6.07, 6.45) is 2.20. The van der Waals surface area contributed by atoms with Crippen LogP contribution in [-0.2, 0) is 13.6 Å². The molecule has 0 spiro atoms. The summed E-state index contributed by atoms with van der Waals surface area (Å²) in [6.45, 7) is 2.88. The molecule has 0 saturated carbocycles. The summed E-state index contributed by atoms with van der Waals surface area (Å²) in [5, 5.41) is 10.0. The van der Waals surface area contributed by atoms with Gasteiger partial charge in [0.2, 0.25) is 0 Å². The average molecular weight is 356 g/mol. The van der Waals surface area contributed by atoms with Crippen LogP contribution < -0.4 is 4.90 Å². The number of nitrogens with zero attached hydrogens (tertiary/aromatic N) is 6. The molecule has 6 nitrogen and oxygen atoms in total. The van der Waals surface area contributed by atoms with E-state index in [4.69, 9.17) is 4.98 Å². The molecular weight excluding hydrogens is 332 g/mol. The summed E-state index contributed by atoms with van der Waals surface area (Å²) in [4.78, 5) is 9.34. The van der Waals surface area contributed by atoms with Crippen LogP contribution in [0, 0.1) is 0 Å². The van der Waals surface area contributed by atoms with Gasteiger partial charge in [-0.3, -0.25) is 0 Å². The minimum Gasteiger partial charge on any atom is -0.348 e. The molecule has 1 saturated heterocycles. The van der Waals surface area contributed by atoms with E-state index in [9.17, 15) is 0 Å². The van der Waals surface area contributed by atoms with Crippen molar-refractivity contribution < 1.29 is 0 Å². The lowest BCUT2D eigenvalue weighted by Gasteiger charge is -2.31. The fourth-order valence-corrected chi connectivity index (χ4v) is 4.49. The van der Waals surface area contributed by atoms with Gasteiger partial charge >= 0.3 is 0 Å². The van der Waals surface area contributed by atoms with Crippen LogP contribution in [-0.4, -0.2) is 51.8 Å². The van der Waals surface area contributed by atoms with E-state index in [1.807, 2.05) is 0 Å². The summed E-state index contributed by atoms with van der Waals surface area (Å²) in [5.74, 6) is 2.65. The van der Waals surface area contributed by atoms with Crippen LogP contribution in [0.5, 0.6) is 0 Å². The average Bonchev–Trinajstić information content (AvgIpc) is 3.19. The second kappa shape index (κ2) is 6.72. The Morgan fingerprint density at radius 2 is 1.92 bits per heavy atom. The predicted octanol–water partition coefficient (Wildman–Crippen LogP) is 2.87. The first kappa shape index (κ1) is 16.5. The topological polar surface area (TPSA) is 50.1 Å². The van der Waals surface area contributed by atoms with E-state index in [1.54, 1.807) is 11.3 Å². The van der Waals surface area contributed by atoms with E-state index in [0.717, 1.165) is 54.8 Å². The van der Waals surface area contributed by atoms with E-state index in [2.05, 4.69) is 70.0 Å². The number of aromatic nitrogens is 4. The van der Waals surface area contributed by atoms with Crippen LogP contribution >= 0.6 is 11.3 Å². The van der Waals surface area contributed by atoms with Crippen LogP contribution in [0.4, 0.5) is 5.13 Å². The number of hydrogen-bond donors (Lipinski definition) is 0. The van der Waals surface area contributed by atoms with E-state index in [0.29, 0.717) is 5.92 Å². The lowest BCUT2D eigenvalue weighted by molar-refractivity contribution is 0.382. The van der Waals surface area contributed by atoms with Crippen molar-refractivity contribution in [3.05, 3.63) is 35.9 Å². The second-order valence-electron chi connectivity index (χ2n) is 7.00. The van der Waals surface area contributed by atoms with Crippen LogP contribution in [0.15, 0.2) is 24.3 Å². The Bertz CT molecular complexity index is 826. The van der Waals surface area contributed by atoms with Crippen molar-refractivity contribution in [3.63, 3.8) is 0 Å². The lowest BCUT2D eigenvalue weighted by Crippen LogP contribution is -2.33. The molecule has 1 aromatic carbocycles. The Balaban J connectivity index is 1.45. The molecule has 0 atom stereocenters. The Labute approximate surface area is 152 Å². The quantitative estimate of drug-likeness (QED) is 0.719. The minimum atomic E-state index is 0.485. The first-order valence-electron chi connectivity index (χ1n) is 8.75. The molecule has 2 aromatic heterocycles. The van der Waals surface area contributed by atoms with Gasteiger partial charge in [0.15, 0.2) is 5.13 Å². The smallest absolute Gasteiger partial charge is 0.186 e. The maximum atomic E-state index is 4.79. The molecule has 4 rings (SSSR count). The standard InChI is InChI=1S/C18H24N6S/c1-22(2)12-16-20-21-17(23(16)3)13-8-10-24(11-9-13)18-19-14-6-4-5-7-15(14)25-18/h4-7,13H,8-12H2,1-3H3. The summed E-state index contributed by atoms with van der Waals surface area (Å²) < 4.78 is 3.44. The molecule has 1 aliphatic rings. The summed E-state index contributed by atoms with van der Waals surface area (Å²) >= 11 is 1.79. The molecule has 0 bridgehead atoms. The molecule has 3 heterocycles. The number of fused-ring (bicyclic) bond motifs is 1. The molecule has 1 aliphatic heterocycles. The normalized spacial score (nSPS) is 16.2. The molecule has 0 aliphatic carbocycles. The van der Waals surface area contributed by atoms with E-state index >= 15 is 0 Å². The second-order valence-corrected chi connectivity index (χ2v) is 8.01. The number of rotatable bonds is 4. The zero-order valence-corrected chi connectivity index (χ0v) is 15.8. The third-order valence-corrected chi connectivity index (χ3v) is 5.97. The number of piperidine rings is 1. The molecule has 25 heavy (non-hydrogen) atoms. The third-order valence-electron chi connectivity index (χ3n) is 4.87. The van der Waals surface area contributed by atoms with Crippen molar-refractivity contribution in [2.24, 2.45) is 7.05 Å². The van der Waals surface area contributed by atoms with Gasteiger partial charge in [0.25, 0.3) is 0 Å². The summed E-state index contributed by atoms with van der Waals surface area (Å²) in [7, 11) is 6.21. The molecule has 0 unspecified atom stereocenters. The van der Waals surface area contributed by atoms with E-state index < -0.39 is 0 Å². The molecule has 0 N–H and O–H groups in total. The molecule has 3 aromatic rings. The van der Waals surface area contributed by atoms with Gasteiger partial charge in [0.1, 0.15) is 11.6 Å². The number of benzene rings is 1. The van der Waals surface area contributed by atoms with Crippen LogP contribution in [0.25, 0.3) is 10.2 Å². The van der Waals surface area contributed by atoms with Gasteiger partial charge in [-0.25, -0.2) is 4.98 Å². The molecule has 0 amide bonds. The zero-order chi connectivity index (χ0) is 17.4. The minimum absolute atomic E-state index is 0.485. The first-order chi connectivity index (χ1) is 12.1. The van der Waals surface area contributed by atoms with Crippen molar-refractivity contribution in [1.82, 2.24) is 24.6 Å². The van der Waals surface area contributed by atoms with Gasteiger partial charge in [0, 0.05) is 26.1 Å². The predicted molar refractivity (Wildman–Crippen MR) is 102 cm³/mol. The molecule has 132 valence electrons. The first-order valence-corrected chi connectivity index (χ1v) is 9.57. The number of thiazole rings is 1. The molecule has 7 heteroatoms. The van der Waals surface area contributed by atoms with Crippen LogP contribution in [0.2, 0.25) is 0 Å². The van der Waals surface area contributed by atoms with E-state index in [1.165, 1.54) is 4.70 Å². The fourth-order valence-electron chi connectivity index (χ4n) is 3.48. The van der Waals surface area contributed by atoms with Crippen molar-refractivity contribution >= 4 is 26.7 Å². The van der Waals surface area contributed by atoms with Crippen LogP contribution in [0.1, 0.15) is 30.4 Å². The number of para-hydroxylation sites is 1. The van der Waals surface area contributed by atoms with Gasteiger partial charge in [-0.05, 0) is 39.1 Å². The Hall–Kier alpha value is -1.99. The lowest BCUT2D eigenvalue weighted by atomic mass is 9.96. The SMILES string of the molecule is CN(C)Cc1nnc(C2CCN(c3nc4ccccc4s3)CC2)n1C. The fraction of sp³-hybridized carbons (Fsp3) is 0.500. The van der Waals surface area contributed by atoms with Crippen molar-refractivity contribution in [3.8, 4) is 0 Å². The van der Waals surface area contributed by atoms with Gasteiger partial charge in [-0.2, -0.15) is 0 Å². The highest BCUT2D eigenvalue weighted by atomic mass is 32.1. The van der Waals surface area contributed by atoms with Crippen LogP contribution in [0.3, 0.4) is 0 Å². The van der Waals surface area contributed by atoms with Gasteiger partial charge in [0.05, 0.1) is 16.8 Å². The Morgan fingerprint density at radius 1 is 1.16 bits per heavy atom. The molecule has 0 radical (unpaired) electrons. The maximum absolute atomic E-state index is 4.79. The monoisotopic (exact) mass is 356 g/mol. The third kappa shape index (κ3) is 3.26.